The van der Waals surface area contributed by atoms with Crippen molar-refractivity contribution >= 4 is 15.9 Å². The van der Waals surface area contributed by atoms with Gasteiger partial charge in [0.25, 0.3) is 0 Å². The molecule has 2 rings (SSSR count). The van der Waals surface area contributed by atoms with Crippen LogP contribution < -0.4 is 5.73 Å². The normalized spacial score (nSPS) is 19.4. The summed E-state index contributed by atoms with van der Waals surface area (Å²) in [5.41, 5.74) is 6.76. The summed E-state index contributed by atoms with van der Waals surface area (Å²) >= 11 is 3.35. The molecule has 0 aliphatic heterocycles. The van der Waals surface area contributed by atoms with Crippen LogP contribution in [0.2, 0.25) is 0 Å². The van der Waals surface area contributed by atoms with Gasteiger partial charge in [0, 0.05) is 16.1 Å². The van der Waals surface area contributed by atoms with Crippen LogP contribution in [0.25, 0.3) is 0 Å². The van der Waals surface area contributed by atoms with Crippen molar-refractivity contribution in [2.75, 3.05) is 0 Å². The van der Waals surface area contributed by atoms with E-state index in [1.54, 1.807) is 12.1 Å². The first kappa shape index (κ1) is 11.1. The van der Waals surface area contributed by atoms with E-state index in [1.165, 1.54) is 18.9 Å². The summed E-state index contributed by atoms with van der Waals surface area (Å²) in [6.45, 7) is 0. The second-order valence-corrected chi connectivity index (χ2v) is 5.15. The van der Waals surface area contributed by atoms with Crippen LogP contribution >= 0.6 is 15.9 Å². The summed E-state index contributed by atoms with van der Waals surface area (Å²) in [5.74, 6) is 0.270. The Bertz CT molecular complexity index is 347. The van der Waals surface area contributed by atoms with Crippen LogP contribution in [0, 0.1) is 11.7 Å². The van der Waals surface area contributed by atoms with Crippen molar-refractivity contribution in [2.24, 2.45) is 11.7 Å². The Morgan fingerprint density at radius 3 is 2.67 bits per heavy atom. The molecule has 1 fully saturated rings. The van der Waals surface area contributed by atoms with Crippen molar-refractivity contribution in [2.45, 2.75) is 31.7 Å². The van der Waals surface area contributed by atoms with E-state index in [0.29, 0.717) is 11.5 Å². The van der Waals surface area contributed by atoms with Gasteiger partial charge in [0.2, 0.25) is 0 Å². The van der Waals surface area contributed by atoms with Crippen molar-refractivity contribution in [1.29, 1.82) is 0 Å². The molecule has 0 heterocycles. The van der Waals surface area contributed by atoms with Crippen molar-refractivity contribution in [3.63, 3.8) is 0 Å². The Balaban J connectivity index is 2.23. The zero-order valence-electron chi connectivity index (χ0n) is 8.55. The van der Waals surface area contributed by atoms with E-state index in [4.69, 9.17) is 5.73 Å². The maximum Gasteiger partial charge on any atom is 0.128 e. The number of hydrogen-bond acceptors (Lipinski definition) is 1. The maximum atomic E-state index is 13.6. The standard InChI is InChI=1S/C12H15BrFN/c13-9-5-6-11(14)10(7-9)12(15)8-3-1-2-4-8/h5-8,12H,1-4,15H2. The lowest BCUT2D eigenvalue weighted by molar-refractivity contribution is 0.429. The van der Waals surface area contributed by atoms with Gasteiger partial charge < -0.3 is 5.73 Å². The molecule has 0 bridgehead atoms. The highest BCUT2D eigenvalue weighted by molar-refractivity contribution is 9.10. The minimum Gasteiger partial charge on any atom is -0.324 e. The molecule has 15 heavy (non-hydrogen) atoms. The summed E-state index contributed by atoms with van der Waals surface area (Å²) in [5, 5.41) is 0. The Morgan fingerprint density at radius 2 is 2.00 bits per heavy atom. The third kappa shape index (κ3) is 2.40. The molecule has 0 spiro atoms. The zero-order valence-corrected chi connectivity index (χ0v) is 10.1. The van der Waals surface area contributed by atoms with Gasteiger partial charge in [-0.15, -0.1) is 0 Å². The summed E-state index contributed by atoms with van der Waals surface area (Å²) < 4.78 is 14.5. The van der Waals surface area contributed by atoms with Crippen LogP contribution in [0.1, 0.15) is 37.3 Å². The SMILES string of the molecule is NC(c1cc(Br)ccc1F)C1CCCC1. The van der Waals surface area contributed by atoms with Crippen molar-refractivity contribution in [3.05, 3.63) is 34.1 Å². The molecule has 1 atom stereocenters. The predicted molar refractivity (Wildman–Crippen MR) is 63.0 cm³/mol. The molecule has 0 radical (unpaired) electrons. The van der Waals surface area contributed by atoms with Gasteiger partial charge in [0.15, 0.2) is 0 Å². The lowest BCUT2D eigenvalue weighted by Gasteiger charge is -2.19. The summed E-state index contributed by atoms with van der Waals surface area (Å²) in [7, 11) is 0. The van der Waals surface area contributed by atoms with Gasteiger partial charge in [0.05, 0.1) is 0 Å². The molecule has 1 aromatic carbocycles. The maximum absolute atomic E-state index is 13.6. The predicted octanol–water partition coefficient (Wildman–Crippen LogP) is 3.78. The van der Waals surface area contributed by atoms with Crippen LogP contribution in [0.15, 0.2) is 22.7 Å². The molecule has 82 valence electrons. The molecule has 0 saturated heterocycles. The minimum atomic E-state index is -0.183. The monoisotopic (exact) mass is 271 g/mol. The third-order valence-electron chi connectivity index (χ3n) is 3.22. The molecular formula is C12H15BrFN. The molecule has 1 nitrogen and oxygen atoms in total. The van der Waals surface area contributed by atoms with Crippen molar-refractivity contribution in [3.8, 4) is 0 Å². The fraction of sp³-hybridized carbons (Fsp3) is 0.500. The average molecular weight is 272 g/mol. The number of nitrogens with two attached hydrogens (primary N) is 1. The summed E-state index contributed by atoms with van der Waals surface area (Å²) in [4.78, 5) is 0. The van der Waals surface area contributed by atoms with E-state index in [-0.39, 0.29) is 11.9 Å². The first-order chi connectivity index (χ1) is 7.18. The second-order valence-electron chi connectivity index (χ2n) is 4.24. The Morgan fingerprint density at radius 1 is 1.33 bits per heavy atom. The zero-order chi connectivity index (χ0) is 10.8. The molecule has 1 aliphatic rings. The highest BCUT2D eigenvalue weighted by atomic mass is 79.9. The lowest BCUT2D eigenvalue weighted by Crippen LogP contribution is -2.20. The van der Waals surface area contributed by atoms with Crippen LogP contribution in [-0.4, -0.2) is 0 Å². The molecule has 0 aromatic heterocycles. The lowest BCUT2D eigenvalue weighted by atomic mass is 9.92. The molecule has 2 N–H and O–H groups in total. The van der Waals surface area contributed by atoms with Gasteiger partial charge >= 0.3 is 0 Å². The first-order valence-corrected chi connectivity index (χ1v) is 6.18. The van der Waals surface area contributed by atoms with E-state index in [2.05, 4.69) is 15.9 Å². The molecule has 1 unspecified atom stereocenters. The number of halogens is 2. The summed E-state index contributed by atoms with van der Waals surface area (Å²) in [6, 6.07) is 4.84. The van der Waals surface area contributed by atoms with Crippen LogP contribution in [0.4, 0.5) is 4.39 Å². The minimum absolute atomic E-state index is 0.148. The number of rotatable bonds is 2. The second kappa shape index (κ2) is 4.62. The van der Waals surface area contributed by atoms with Crippen LogP contribution in [0.5, 0.6) is 0 Å². The third-order valence-corrected chi connectivity index (χ3v) is 3.72. The number of benzene rings is 1. The van der Waals surface area contributed by atoms with E-state index < -0.39 is 0 Å². The van der Waals surface area contributed by atoms with E-state index in [1.807, 2.05) is 0 Å². The summed E-state index contributed by atoms with van der Waals surface area (Å²) in [6.07, 6.45) is 4.72. The fourth-order valence-electron chi connectivity index (χ4n) is 2.34. The van der Waals surface area contributed by atoms with E-state index >= 15 is 0 Å². The Labute approximate surface area is 98.0 Å². The van der Waals surface area contributed by atoms with Crippen molar-refractivity contribution < 1.29 is 4.39 Å². The highest BCUT2D eigenvalue weighted by Gasteiger charge is 2.25. The van der Waals surface area contributed by atoms with Gasteiger partial charge in [-0.3, -0.25) is 0 Å². The number of hydrogen-bond donors (Lipinski definition) is 1. The van der Waals surface area contributed by atoms with Crippen molar-refractivity contribution in [1.82, 2.24) is 0 Å². The average Bonchev–Trinajstić information content (AvgIpc) is 2.74. The molecule has 0 amide bonds. The highest BCUT2D eigenvalue weighted by Crippen LogP contribution is 2.35. The first-order valence-electron chi connectivity index (χ1n) is 5.39. The smallest absolute Gasteiger partial charge is 0.128 e. The van der Waals surface area contributed by atoms with E-state index in [9.17, 15) is 4.39 Å². The van der Waals surface area contributed by atoms with E-state index in [0.717, 1.165) is 17.3 Å². The van der Waals surface area contributed by atoms with Crippen LogP contribution in [0.3, 0.4) is 0 Å². The molecule has 1 aliphatic carbocycles. The topological polar surface area (TPSA) is 26.0 Å². The Hall–Kier alpha value is -0.410. The quantitative estimate of drug-likeness (QED) is 0.871. The largest absolute Gasteiger partial charge is 0.324 e. The molecule has 1 saturated carbocycles. The molecule has 1 aromatic rings. The van der Waals surface area contributed by atoms with Gasteiger partial charge in [0.1, 0.15) is 5.82 Å². The van der Waals surface area contributed by atoms with Gasteiger partial charge in [-0.25, -0.2) is 4.39 Å². The van der Waals surface area contributed by atoms with Crippen LogP contribution in [-0.2, 0) is 0 Å². The fourth-order valence-corrected chi connectivity index (χ4v) is 2.72. The van der Waals surface area contributed by atoms with Gasteiger partial charge in [-0.1, -0.05) is 28.8 Å². The molecule has 3 heteroatoms. The Kier molecular flexibility index (Phi) is 3.42. The van der Waals surface area contributed by atoms with Gasteiger partial charge in [-0.05, 0) is 37.0 Å². The van der Waals surface area contributed by atoms with Gasteiger partial charge in [-0.2, -0.15) is 0 Å². The molecular weight excluding hydrogens is 257 g/mol.